The zero-order valence-electron chi connectivity index (χ0n) is 9.20. The highest BCUT2D eigenvalue weighted by Crippen LogP contribution is 2.15. The molecule has 0 atom stereocenters. The minimum absolute atomic E-state index is 0.577. The van der Waals surface area contributed by atoms with Crippen molar-refractivity contribution in [2.45, 2.75) is 26.7 Å². The van der Waals surface area contributed by atoms with Gasteiger partial charge >= 0.3 is 0 Å². The Labute approximate surface area is 86.9 Å². The van der Waals surface area contributed by atoms with Crippen molar-refractivity contribution in [3.05, 3.63) is 59.7 Å². The van der Waals surface area contributed by atoms with E-state index in [1.165, 1.54) is 11.1 Å². The lowest BCUT2D eigenvalue weighted by Crippen LogP contribution is -1.88. The molecule has 0 heterocycles. The molecule has 0 fully saturated rings. The average Bonchev–Trinajstić information content (AvgIpc) is 2.15. The normalized spacial score (nSPS) is 9.71. The van der Waals surface area contributed by atoms with Gasteiger partial charge in [-0.05, 0) is 24.0 Å². The third-order valence-electron chi connectivity index (χ3n) is 2.25. The second kappa shape index (κ2) is 5.43. The summed E-state index contributed by atoms with van der Waals surface area (Å²) in [6, 6.07) is 16.7. The third-order valence-corrected chi connectivity index (χ3v) is 2.25. The van der Waals surface area contributed by atoms with Gasteiger partial charge in [-0.2, -0.15) is 0 Å². The van der Waals surface area contributed by atoms with Crippen LogP contribution in [0.25, 0.3) is 0 Å². The molecule has 0 spiro atoms. The van der Waals surface area contributed by atoms with E-state index in [1.807, 2.05) is 12.1 Å². The summed E-state index contributed by atoms with van der Waals surface area (Å²) in [7, 11) is 0. The van der Waals surface area contributed by atoms with Crippen LogP contribution in [0.5, 0.6) is 0 Å². The van der Waals surface area contributed by atoms with E-state index in [4.69, 9.17) is 0 Å². The quantitative estimate of drug-likeness (QED) is 0.615. The summed E-state index contributed by atoms with van der Waals surface area (Å²) < 4.78 is 0. The van der Waals surface area contributed by atoms with Gasteiger partial charge in [-0.1, -0.05) is 62.4 Å². The number of hydrogen-bond donors (Lipinski definition) is 0. The Hall–Kier alpha value is -1.30. The average molecular weight is 186 g/mol. The van der Waals surface area contributed by atoms with Crippen molar-refractivity contribution in [2.24, 2.45) is 0 Å². The first kappa shape index (κ1) is 10.8. The van der Waals surface area contributed by atoms with Gasteiger partial charge in [0.05, 0.1) is 0 Å². The van der Waals surface area contributed by atoms with E-state index in [2.05, 4.69) is 57.2 Å². The molecule has 0 bridgehead atoms. The predicted molar refractivity (Wildman–Crippen MR) is 62.9 cm³/mol. The molecule has 0 saturated heterocycles. The Balaban J connectivity index is 3.30. The van der Waals surface area contributed by atoms with Gasteiger partial charge in [-0.3, -0.25) is 0 Å². The molecule has 0 unspecified atom stereocenters. The molecule has 1 rings (SSSR count). The minimum Gasteiger partial charge on any atom is -0.0623 e. The third kappa shape index (κ3) is 3.21. The van der Waals surface area contributed by atoms with Crippen LogP contribution in [0.15, 0.2) is 48.5 Å². The van der Waals surface area contributed by atoms with Crippen molar-refractivity contribution in [1.29, 1.82) is 0 Å². The Kier molecular flexibility index (Phi) is 4.18. The maximum Gasteiger partial charge on any atom is -0.0216 e. The van der Waals surface area contributed by atoms with E-state index in [1.54, 1.807) is 0 Å². The summed E-state index contributed by atoms with van der Waals surface area (Å²) in [5.41, 5.74) is 2.75. The fourth-order valence-electron chi connectivity index (χ4n) is 1.49. The first-order chi connectivity index (χ1) is 6.72. The molecule has 0 heteroatoms. The summed E-state index contributed by atoms with van der Waals surface area (Å²) >= 11 is 0. The molecule has 1 aromatic rings. The summed E-state index contributed by atoms with van der Waals surface area (Å²) in [5.74, 6) is 0.577. The van der Waals surface area contributed by atoms with Gasteiger partial charge in [0, 0.05) is 0 Å². The highest BCUT2D eigenvalue weighted by atomic mass is 14.0. The van der Waals surface area contributed by atoms with Crippen LogP contribution < -0.4 is 0 Å². The van der Waals surface area contributed by atoms with Crippen LogP contribution in [-0.4, -0.2) is 0 Å². The predicted octanol–water partition coefficient (Wildman–Crippen LogP) is 4.24. The SMILES string of the molecule is Cc1ccccccccc1C(C)C. The summed E-state index contributed by atoms with van der Waals surface area (Å²) in [6.45, 7) is 6.61. The molecule has 1 aromatic carbocycles. The van der Waals surface area contributed by atoms with Crippen molar-refractivity contribution in [3.8, 4) is 0 Å². The van der Waals surface area contributed by atoms with Crippen LogP contribution in [0.3, 0.4) is 0 Å². The number of rotatable bonds is 1. The molecule has 0 aliphatic rings. The molecule has 14 heavy (non-hydrogen) atoms. The lowest BCUT2D eigenvalue weighted by Gasteiger charge is -2.05. The summed E-state index contributed by atoms with van der Waals surface area (Å²) in [6.07, 6.45) is 0. The molecular formula is C14H18. The van der Waals surface area contributed by atoms with E-state index >= 15 is 0 Å². The van der Waals surface area contributed by atoms with Crippen LogP contribution >= 0.6 is 0 Å². The standard InChI is InChI=1S/C14H18/c1-12(2)14-11-9-7-5-4-6-8-10-13(14)3/h4-12H,1-3H3. The summed E-state index contributed by atoms with van der Waals surface area (Å²) in [5, 5.41) is 0. The molecule has 0 aromatic heterocycles. The minimum atomic E-state index is 0.577. The molecule has 0 saturated carbocycles. The van der Waals surface area contributed by atoms with E-state index in [9.17, 15) is 0 Å². The van der Waals surface area contributed by atoms with Crippen LogP contribution in [-0.2, 0) is 0 Å². The molecule has 0 radical (unpaired) electrons. The largest absolute Gasteiger partial charge is 0.0623 e. The van der Waals surface area contributed by atoms with Gasteiger partial charge in [0.15, 0.2) is 0 Å². The molecule has 0 aliphatic heterocycles. The fourth-order valence-corrected chi connectivity index (χ4v) is 1.49. The molecule has 0 amide bonds. The van der Waals surface area contributed by atoms with Crippen LogP contribution in [0, 0.1) is 6.92 Å². The Morgan fingerprint density at radius 3 is 1.86 bits per heavy atom. The molecule has 0 nitrogen and oxygen atoms in total. The van der Waals surface area contributed by atoms with Crippen molar-refractivity contribution in [2.75, 3.05) is 0 Å². The van der Waals surface area contributed by atoms with Crippen LogP contribution in [0.1, 0.15) is 30.9 Å². The fraction of sp³-hybridized carbons (Fsp3) is 0.286. The van der Waals surface area contributed by atoms with Crippen molar-refractivity contribution in [1.82, 2.24) is 0 Å². The molecule has 0 aliphatic carbocycles. The van der Waals surface area contributed by atoms with Gasteiger partial charge in [-0.15, -0.1) is 0 Å². The Bertz CT molecular complexity index is 336. The van der Waals surface area contributed by atoms with Crippen molar-refractivity contribution >= 4 is 0 Å². The van der Waals surface area contributed by atoms with E-state index in [-0.39, 0.29) is 0 Å². The van der Waals surface area contributed by atoms with Crippen molar-refractivity contribution in [3.63, 3.8) is 0 Å². The summed E-state index contributed by atoms with van der Waals surface area (Å²) in [4.78, 5) is 0. The number of aryl methyl sites for hydroxylation is 1. The lowest BCUT2D eigenvalue weighted by atomic mass is 10.0. The van der Waals surface area contributed by atoms with E-state index in [0.717, 1.165) is 0 Å². The maximum absolute atomic E-state index is 2.22. The Morgan fingerprint density at radius 2 is 1.29 bits per heavy atom. The molecule has 0 N–H and O–H groups in total. The van der Waals surface area contributed by atoms with Crippen molar-refractivity contribution < 1.29 is 0 Å². The van der Waals surface area contributed by atoms with Crippen LogP contribution in [0.2, 0.25) is 0 Å². The smallest absolute Gasteiger partial charge is 0.0216 e. The van der Waals surface area contributed by atoms with Gasteiger partial charge in [0.2, 0.25) is 0 Å². The van der Waals surface area contributed by atoms with Gasteiger partial charge in [0.1, 0.15) is 0 Å². The van der Waals surface area contributed by atoms with Gasteiger partial charge < -0.3 is 0 Å². The highest BCUT2D eigenvalue weighted by molar-refractivity contribution is 5.25. The highest BCUT2D eigenvalue weighted by Gasteiger charge is 1.98. The second-order valence-electron chi connectivity index (χ2n) is 3.78. The lowest BCUT2D eigenvalue weighted by molar-refractivity contribution is 0.858. The first-order valence-electron chi connectivity index (χ1n) is 5.10. The zero-order valence-corrected chi connectivity index (χ0v) is 9.20. The second-order valence-corrected chi connectivity index (χ2v) is 3.78. The van der Waals surface area contributed by atoms with Gasteiger partial charge in [-0.25, -0.2) is 0 Å². The first-order valence-corrected chi connectivity index (χ1v) is 5.10. The van der Waals surface area contributed by atoms with E-state index < -0.39 is 0 Å². The Morgan fingerprint density at radius 1 is 0.786 bits per heavy atom. The molecular weight excluding hydrogens is 168 g/mol. The molecule has 74 valence electrons. The van der Waals surface area contributed by atoms with Gasteiger partial charge in [0.25, 0.3) is 0 Å². The maximum atomic E-state index is 2.22. The monoisotopic (exact) mass is 186 g/mol. The zero-order chi connectivity index (χ0) is 10.4. The van der Waals surface area contributed by atoms with E-state index in [0.29, 0.717) is 5.92 Å². The number of hydrogen-bond acceptors (Lipinski definition) is 0. The topological polar surface area (TPSA) is 0 Å². The van der Waals surface area contributed by atoms with Crippen LogP contribution in [0.4, 0.5) is 0 Å².